The molecular formula is C12H13N5OS. The normalized spacial score (nSPS) is 15.0. The number of aryl methyl sites for hydroxylation is 1. The summed E-state index contributed by atoms with van der Waals surface area (Å²) in [6.45, 7) is 0. The van der Waals surface area contributed by atoms with Crippen LogP contribution in [0.5, 0.6) is 0 Å². The molecule has 19 heavy (non-hydrogen) atoms. The lowest BCUT2D eigenvalue weighted by Gasteiger charge is -1.93. The number of nitrogens with one attached hydrogen (secondary N) is 1. The molecule has 2 aromatic rings. The van der Waals surface area contributed by atoms with Crippen molar-refractivity contribution < 1.29 is 4.79 Å². The van der Waals surface area contributed by atoms with Gasteiger partial charge < -0.3 is 0 Å². The van der Waals surface area contributed by atoms with E-state index in [1.165, 1.54) is 30.3 Å². The summed E-state index contributed by atoms with van der Waals surface area (Å²) in [4.78, 5) is 11.7. The van der Waals surface area contributed by atoms with E-state index in [0.29, 0.717) is 11.0 Å². The van der Waals surface area contributed by atoms with E-state index in [1.807, 2.05) is 13.2 Å². The number of carbonyl (C=O) groups is 1. The summed E-state index contributed by atoms with van der Waals surface area (Å²) in [7, 11) is 1.83. The molecule has 98 valence electrons. The smallest absolute Gasteiger partial charge is 0.250 e. The highest BCUT2D eigenvalue weighted by atomic mass is 32.1. The SMILES string of the molecule is Cn1cc(/C=C/C(=O)Nc2nnc(C3CC3)s2)cn1. The number of anilines is 1. The maximum absolute atomic E-state index is 11.7. The Balaban J connectivity index is 1.59. The Hall–Kier alpha value is -2.02. The van der Waals surface area contributed by atoms with Crippen LogP contribution in [-0.4, -0.2) is 25.9 Å². The second-order valence-electron chi connectivity index (χ2n) is 4.49. The first-order valence-electron chi connectivity index (χ1n) is 6.02. The molecule has 2 aromatic heterocycles. The van der Waals surface area contributed by atoms with Crippen LogP contribution in [0, 0.1) is 0 Å². The molecular weight excluding hydrogens is 262 g/mol. The summed E-state index contributed by atoms with van der Waals surface area (Å²) < 4.78 is 1.68. The molecule has 0 unspecified atom stereocenters. The van der Waals surface area contributed by atoms with Crippen molar-refractivity contribution in [1.82, 2.24) is 20.0 Å². The van der Waals surface area contributed by atoms with Gasteiger partial charge >= 0.3 is 0 Å². The molecule has 0 radical (unpaired) electrons. The minimum absolute atomic E-state index is 0.206. The van der Waals surface area contributed by atoms with Gasteiger partial charge in [-0.3, -0.25) is 14.8 Å². The topological polar surface area (TPSA) is 72.7 Å². The first-order valence-corrected chi connectivity index (χ1v) is 6.83. The molecule has 1 N–H and O–H groups in total. The van der Waals surface area contributed by atoms with E-state index in [-0.39, 0.29) is 5.91 Å². The summed E-state index contributed by atoms with van der Waals surface area (Å²) >= 11 is 1.45. The summed E-state index contributed by atoms with van der Waals surface area (Å²) in [5, 5.41) is 16.3. The summed E-state index contributed by atoms with van der Waals surface area (Å²) in [5.41, 5.74) is 0.883. The van der Waals surface area contributed by atoms with Gasteiger partial charge in [-0.1, -0.05) is 11.3 Å². The highest BCUT2D eigenvalue weighted by molar-refractivity contribution is 7.15. The number of hydrogen-bond acceptors (Lipinski definition) is 5. The van der Waals surface area contributed by atoms with E-state index < -0.39 is 0 Å². The Kier molecular flexibility index (Phi) is 3.12. The fourth-order valence-corrected chi connectivity index (χ4v) is 2.54. The molecule has 1 aliphatic rings. The predicted octanol–water partition coefficient (Wildman–Crippen LogP) is 1.80. The molecule has 0 aliphatic heterocycles. The van der Waals surface area contributed by atoms with Crippen LogP contribution in [-0.2, 0) is 11.8 Å². The largest absolute Gasteiger partial charge is 0.297 e. The molecule has 0 atom stereocenters. The van der Waals surface area contributed by atoms with Crippen LogP contribution in [0.4, 0.5) is 5.13 Å². The van der Waals surface area contributed by atoms with Gasteiger partial charge in [0.1, 0.15) is 5.01 Å². The molecule has 0 aromatic carbocycles. The van der Waals surface area contributed by atoms with Gasteiger partial charge in [-0.15, -0.1) is 10.2 Å². The molecule has 1 fully saturated rings. The van der Waals surface area contributed by atoms with E-state index in [2.05, 4.69) is 20.6 Å². The third kappa shape index (κ3) is 3.05. The van der Waals surface area contributed by atoms with E-state index in [0.717, 1.165) is 10.6 Å². The summed E-state index contributed by atoms with van der Waals surface area (Å²) in [6.07, 6.45) is 9.08. The van der Waals surface area contributed by atoms with Crippen molar-refractivity contribution in [2.75, 3.05) is 5.32 Å². The lowest BCUT2D eigenvalue weighted by Crippen LogP contribution is -2.07. The first-order chi connectivity index (χ1) is 9.20. The lowest BCUT2D eigenvalue weighted by molar-refractivity contribution is -0.111. The molecule has 7 heteroatoms. The second kappa shape index (κ2) is 4.93. The van der Waals surface area contributed by atoms with Gasteiger partial charge in [0.15, 0.2) is 0 Å². The van der Waals surface area contributed by atoms with Crippen LogP contribution < -0.4 is 5.32 Å². The quantitative estimate of drug-likeness (QED) is 0.864. The van der Waals surface area contributed by atoms with Crippen LogP contribution in [0.15, 0.2) is 18.5 Å². The minimum atomic E-state index is -0.206. The molecule has 0 bridgehead atoms. The number of aromatic nitrogens is 4. The zero-order valence-corrected chi connectivity index (χ0v) is 11.2. The fourth-order valence-electron chi connectivity index (χ4n) is 1.63. The fraction of sp³-hybridized carbons (Fsp3) is 0.333. The Morgan fingerprint density at radius 3 is 3.05 bits per heavy atom. The van der Waals surface area contributed by atoms with Crippen LogP contribution in [0.3, 0.4) is 0 Å². The van der Waals surface area contributed by atoms with Crippen molar-refractivity contribution in [3.8, 4) is 0 Å². The minimum Gasteiger partial charge on any atom is -0.297 e. The van der Waals surface area contributed by atoms with Crippen LogP contribution >= 0.6 is 11.3 Å². The predicted molar refractivity (Wildman–Crippen MR) is 72.8 cm³/mol. The summed E-state index contributed by atoms with van der Waals surface area (Å²) in [5.74, 6) is 0.358. The Morgan fingerprint density at radius 1 is 1.53 bits per heavy atom. The molecule has 1 aliphatic carbocycles. The zero-order valence-electron chi connectivity index (χ0n) is 10.4. The molecule has 3 rings (SSSR count). The highest BCUT2D eigenvalue weighted by Gasteiger charge is 2.27. The van der Waals surface area contributed by atoms with E-state index in [9.17, 15) is 4.79 Å². The van der Waals surface area contributed by atoms with Crippen molar-refractivity contribution in [2.24, 2.45) is 7.05 Å². The molecule has 0 saturated heterocycles. The van der Waals surface area contributed by atoms with Crippen molar-refractivity contribution in [3.63, 3.8) is 0 Å². The first kappa shape index (κ1) is 12.0. The number of amides is 1. The van der Waals surface area contributed by atoms with Crippen molar-refractivity contribution >= 4 is 28.5 Å². The average Bonchev–Trinajstić information content (AvgIpc) is 3.00. The van der Waals surface area contributed by atoms with Gasteiger partial charge in [-0.25, -0.2) is 0 Å². The van der Waals surface area contributed by atoms with Crippen molar-refractivity contribution in [1.29, 1.82) is 0 Å². The summed E-state index contributed by atoms with van der Waals surface area (Å²) in [6, 6.07) is 0. The van der Waals surface area contributed by atoms with Gasteiger partial charge in [-0.2, -0.15) is 5.10 Å². The number of hydrogen-bond donors (Lipinski definition) is 1. The van der Waals surface area contributed by atoms with E-state index in [4.69, 9.17) is 0 Å². The van der Waals surface area contributed by atoms with Crippen molar-refractivity contribution in [3.05, 3.63) is 29.0 Å². The molecule has 2 heterocycles. The number of nitrogens with zero attached hydrogens (tertiary/aromatic N) is 4. The second-order valence-corrected chi connectivity index (χ2v) is 5.50. The monoisotopic (exact) mass is 275 g/mol. The maximum atomic E-state index is 11.7. The lowest BCUT2D eigenvalue weighted by atomic mass is 10.3. The standard InChI is InChI=1S/C12H13N5OS/c1-17-7-8(6-13-17)2-5-10(18)14-12-16-15-11(19-12)9-3-4-9/h2,5-7,9H,3-4H2,1H3,(H,14,16,18)/b5-2+. The molecule has 6 nitrogen and oxygen atoms in total. The van der Waals surface area contributed by atoms with Gasteiger partial charge in [0.2, 0.25) is 11.0 Å². The molecule has 1 amide bonds. The molecule has 0 spiro atoms. The Labute approximate surface area is 114 Å². The van der Waals surface area contributed by atoms with E-state index in [1.54, 1.807) is 17.0 Å². The van der Waals surface area contributed by atoms with Crippen molar-refractivity contribution in [2.45, 2.75) is 18.8 Å². The number of carbonyl (C=O) groups excluding carboxylic acids is 1. The Bertz CT molecular complexity index is 626. The number of rotatable bonds is 4. The highest BCUT2D eigenvalue weighted by Crippen LogP contribution is 2.41. The maximum Gasteiger partial charge on any atom is 0.250 e. The third-order valence-electron chi connectivity index (χ3n) is 2.75. The van der Waals surface area contributed by atoms with Gasteiger partial charge in [0.05, 0.1) is 6.20 Å². The molecule has 1 saturated carbocycles. The van der Waals surface area contributed by atoms with Crippen LogP contribution in [0.2, 0.25) is 0 Å². The Morgan fingerprint density at radius 2 is 2.37 bits per heavy atom. The van der Waals surface area contributed by atoms with Gasteiger partial charge in [0, 0.05) is 30.8 Å². The van der Waals surface area contributed by atoms with Crippen LogP contribution in [0.25, 0.3) is 6.08 Å². The van der Waals surface area contributed by atoms with Gasteiger partial charge in [0.25, 0.3) is 0 Å². The third-order valence-corrected chi connectivity index (χ3v) is 3.75. The van der Waals surface area contributed by atoms with Gasteiger partial charge in [-0.05, 0) is 18.9 Å². The average molecular weight is 275 g/mol. The zero-order chi connectivity index (χ0) is 13.2. The van der Waals surface area contributed by atoms with E-state index >= 15 is 0 Å². The van der Waals surface area contributed by atoms with Crippen LogP contribution in [0.1, 0.15) is 29.3 Å².